The first-order valence-corrected chi connectivity index (χ1v) is 31.3. The Morgan fingerprint density at radius 2 is 1.16 bits per heavy atom. The second-order valence-electron chi connectivity index (χ2n) is 24.8. The van der Waals surface area contributed by atoms with Gasteiger partial charge in [-0.2, -0.15) is 4.39 Å². The second-order valence-corrected chi connectivity index (χ2v) is 26.5. The summed E-state index contributed by atoms with van der Waals surface area (Å²) in [6, 6.07) is 11.3. The molecule has 3 saturated heterocycles. The van der Waals surface area contributed by atoms with E-state index in [2.05, 4.69) is 75.3 Å². The van der Waals surface area contributed by atoms with Gasteiger partial charge in [-0.1, -0.05) is 6.92 Å². The number of likely N-dealkylation sites (tertiary alicyclic amines) is 3. The Morgan fingerprint density at radius 3 is 1.60 bits per heavy atom. The van der Waals surface area contributed by atoms with Crippen LogP contribution in [0.4, 0.5) is 24.6 Å². The number of aromatic nitrogens is 4. The first-order valence-electron chi connectivity index (χ1n) is 29.7. The van der Waals surface area contributed by atoms with Crippen LogP contribution < -0.4 is 11.1 Å². The lowest BCUT2D eigenvalue weighted by Gasteiger charge is -2.37. The number of nitrogens with two attached hydrogens (primary N) is 1. The maximum absolute atomic E-state index is 12.6. The minimum absolute atomic E-state index is 0. The highest BCUT2D eigenvalue weighted by atomic mass is 79.9. The first-order chi connectivity index (χ1) is 40.2. The number of Topliss-reactive ketones (excluding diaryl/α,β-unsaturated/α-hetero) is 1. The molecule has 0 saturated carbocycles. The van der Waals surface area contributed by atoms with Gasteiger partial charge in [0.25, 0.3) is 0 Å². The quantitative estimate of drug-likeness (QED) is 0.0614. The van der Waals surface area contributed by atoms with Crippen LogP contribution in [0.3, 0.4) is 0 Å². The molecule has 1 unspecified atom stereocenters. The number of pyridine rings is 3. The predicted molar refractivity (Wildman–Crippen MR) is 343 cm³/mol. The van der Waals surface area contributed by atoms with Gasteiger partial charge in [0.15, 0.2) is 0 Å². The number of carbonyl (C=O) groups excluding carboxylic acids is 6. The molecule has 0 spiro atoms. The molecule has 3 amide bonds. The number of halogens is 3. The molecule has 0 aliphatic carbocycles. The number of nitrogens with one attached hydrogen (secondary N) is 1. The smallest absolute Gasteiger partial charge is 0.410 e. The van der Waals surface area contributed by atoms with E-state index in [1.54, 1.807) is 41.2 Å². The lowest BCUT2D eigenvalue weighted by atomic mass is 9.87. The zero-order valence-electron chi connectivity index (χ0n) is 53.6. The summed E-state index contributed by atoms with van der Waals surface area (Å²) < 4.78 is 41.8. The number of nitrogens with zero attached hydrogens (tertiary/aromatic N) is 7. The maximum atomic E-state index is 12.6. The predicted octanol–water partition coefficient (Wildman–Crippen LogP) is 13.9. The van der Waals surface area contributed by atoms with Crippen molar-refractivity contribution in [2.75, 3.05) is 64.3 Å². The molecular formula is C63H100Br2FN9O11. The molecule has 0 radical (unpaired) electrons. The number of esters is 2. The van der Waals surface area contributed by atoms with Gasteiger partial charge in [0.2, 0.25) is 5.95 Å². The average molecular weight is 1340 g/mol. The van der Waals surface area contributed by atoms with Crippen molar-refractivity contribution in [1.29, 1.82) is 0 Å². The van der Waals surface area contributed by atoms with E-state index in [0.717, 1.165) is 91.8 Å². The van der Waals surface area contributed by atoms with Crippen molar-refractivity contribution < 1.29 is 59.7 Å². The van der Waals surface area contributed by atoms with Gasteiger partial charge in [-0.05, 0) is 228 Å². The van der Waals surface area contributed by atoms with Crippen molar-refractivity contribution in [3.05, 3.63) is 81.1 Å². The van der Waals surface area contributed by atoms with E-state index in [9.17, 15) is 33.2 Å². The van der Waals surface area contributed by atoms with Crippen LogP contribution in [0.1, 0.15) is 167 Å². The number of carbonyl (C=O) groups is 6. The Kier molecular flexibility index (Phi) is 30.4. The Hall–Kier alpha value is -5.94. The highest BCUT2D eigenvalue weighted by Crippen LogP contribution is 2.36. The maximum Gasteiger partial charge on any atom is 0.410 e. The van der Waals surface area contributed by atoms with E-state index in [4.69, 9.17) is 24.7 Å². The van der Waals surface area contributed by atoms with Crippen LogP contribution in [0, 0.1) is 36.5 Å². The molecule has 0 aromatic carbocycles. The fourth-order valence-electron chi connectivity index (χ4n) is 9.77. The van der Waals surface area contributed by atoms with E-state index in [1.807, 2.05) is 112 Å². The van der Waals surface area contributed by atoms with Gasteiger partial charge in [-0.3, -0.25) is 9.59 Å². The molecule has 86 heavy (non-hydrogen) atoms. The zero-order valence-corrected chi connectivity index (χ0v) is 56.8. The van der Waals surface area contributed by atoms with Gasteiger partial charge in [0.05, 0.1) is 27.7 Å². The molecule has 484 valence electrons. The van der Waals surface area contributed by atoms with Crippen molar-refractivity contribution in [2.24, 2.45) is 29.4 Å². The molecule has 7 rings (SSSR count). The number of anilines is 1. The van der Waals surface area contributed by atoms with Gasteiger partial charge in [-0.25, -0.2) is 34.1 Å². The summed E-state index contributed by atoms with van der Waals surface area (Å²) >= 11 is 6.46. The van der Waals surface area contributed by atoms with Gasteiger partial charge < -0.3 is 54.0 Å². The molecule has 7 heterocycles. The summed E-state index contributed by atoms with van der Waals surface area (Å²) in [5, 5.41) is 4.23. The Morgan fingerprint density at radius 1 is 0.698 bits per heavy atom. The fourth-order valence-corrected chi connectivity index (χ4v) is 10.4. The van der Waals surface area contributed by atoms with Crippen molar-refractivity contribution in [3.63, 3.8) is 0 Å². The summed E-state index contributed by atoms with van der Waals surface area (Å²) in [4.78, 5) is 87.2. The van der Waals surface area contributed by atoms with E-state index in [-0.39, 0.29) is 51.4 Å². The summed E-state index contributed by atoms with van der Waals surface area (Å²) in [6.07, 6.45) is 8.87. The number of ketones is 1. The van der Waals surface area contributed by atoms with Crippen molar-refractivity contribution in [2.45, 2.75) is 178 Å². The minimum atomic E-state index is -0.489. The second kappa shape index (κ2) is 35.2. The molecule has 3 aliphatic heterocycles. The van der Waals surface area contributed by atoms with Crippen LogP contribution in [-0.2, 0) is 33.3 Å². The molecule has 23 heteroatoms. The molecule has 4 aromatic rings. The van der Waals surface area contributed by atoms with E-state index < -0.39 is 28.7 Å². The summed E-state index contributed by atoms with van der Waals surface area (Å²) in [7, 11) is 0. The molecule has 3 fully saturated rings. The van der Waals surface area contributed by atoms with Gasteiger partial charge in [-0.15, -0.1) is 0 Å². The van der Waals surface area contributed by atoms with Crippen LogP contribution >= 0.6 is 31.9 Å². The molecule has 3 N–H and O–H groups in total. The van der Waals surface area contributed by atoms with Crippen molar-refractivity contribution >= 4 is 84.7 Å². The normalized spacial score (nSPS) is 17.2. The number of rotatable bonds is 11. The molecule has 3 aliphatic rings. The lowest BCUT2D eigenvalue weighted by Crippen LogP contribution is -2.46. The van der Waals surface area contributed by atoms with Crippen LogP contribution in [0.2, 0.25) is 0 Å². The number of amides is 3. The molecular weight excluding hydrogens is 1240 g/mol. The number of hydrogen-bond donors (Lipinski definition) is 2. The van der Waals surface area contributed by atoms with E-state index in [0.29, 0.717) is 60.0 Å². The summed E-state index contributed by atoms with van der Waals surface area (Å²) in [5.41, 5.74) is 6.80. The number of piperidine rings is 3. The minimum Gasteiger partial charge on any atom is -0.466 e. The average Bonchev–Trinajstić information content (AvgIpc) is 3.71. The Labute approximate surface area is 529 Å². The number of fused-ring (bicyclic) bond motifs is 1. The Bertz CT molecular complexity index is 2790. The SMILES string of the molecule is CCOC(=O)CC(C)=O.CCOC(=O)c1c(C)n([C@H](C)C2CCN(C(=O)OC(C)(C)C)CC2)c2ncccc12.C[C@@H](N)C1CCN(C(=O)OC(C)(C)C)CC1.C[C@@H]1CN(C(=O)OC(C)(C)C)CCC1CNc1ncccc1Br.Fc1ncccc1Br.[HH].[HH]. The third-order valence-electron chi connectivity index (χ3n) is 14.1. The molecule has 4 atom stereocenters. The van der Waals surface area contributed by atoms with E-state index in [1.165, 1.54) is 13.1 Å². The third kappa shape index (κ3) is 25.8. The molecule has 20 nitrogen and oxygen atoms in total. The molecule has 0 bridgehead atoms. The van der Waals surface area contributed by atoms with E-state index >= 15 is 0 Å². The fraction of sp³-hybridized carbons (Fsp3) is 0.635. The topological polar surface area (TPSA) is 240 Å². The largest absolute Gasteiger partial charge is 0.466 e. The summed E-state index contributed by atoms with van der Waals surface area (Å²) in [6.45, 7) is 36.1. The van der Waals surface area contributed by atoms with Crippen LogP contribution in [0.5, 0.6) is 0 Å². The number of hydrogen-bond acceptors (Lipinski definition) is 16. The zero-order chi connectivity index (χ0) is 64.7. The van der Waals surface area contributed by atoms with Gasteiger partial charge in [0, 0.05) is 90.4 Å². The highest BCUT2D eigenvalue weighted by molar-refractivity contribution is 9.10. The highest BCUT2D eigenvalue weighted by Gasteiger charge is 2.34. The van der Waals surface area contributed by atoms with Crippen LogP contribution in [0.15, 0.2) is 63.9 Å². The Balaban J connectivity index is 0.000000592. The van der Waals surface area contributed by atoms with Gasteiger partial charge >= 0.3 is 30.2 Å². The summed E-state index contributed by atoms with van der Waals surface area (Å²) in [5.74, 6) is 1.35. The number of ether oxygens (including phenoxy) is 5. The third-order valence-corrected chi connectivity index (χ3v) is 15.4. The van der Waals surface area contributed by atoms with Gasteiger partial charge in [0.1, 0.15) is 40.5 Å². The van der Waals surface area contributed by atoms with Crippen LogP contribution in [-0.4, -0.2) is 152 Å². The molecule has 4 aromatic heterocycles. The van der Waals surface area contributed by atoms with Crippen molar-refractivity contribution in [1.82, 2.24) is 34.2 Å². The first kappa shape index (κ1) is 74.3. The monoisotopic (exact) mass is 1340 g/mol. The van der Waals surface area contributed by atoms with Crippen LogP contribution in [0.25, 0.3) is 11.0 Å². The lowest BCUT2D eigenvalue weighted by molar-refractivity contribution is -0.145. The standard InChI is InChI=1S/C23H33N3O4.C17H26BrN3O2.C12H24N2O2.C6H10O3.C5H3BrFN.2H2/c1-7-29-21(27)19-16(3)26(20-18(19)9-8-12-24-20)15(2)17-10-13-25(14-11-17)22(28)30-23(4,5)6;1-12-11-21(16(22)23-17(2,3)4)9-7-13(12)10-20-15-14(18)6-5-8-19-15;1-9(13)10-5-7-14(8-6-10)11(15)16-12(2,3)4;1-3-9-6(8)4-5(2)7;6-4-2-1-3-8-5(4)7;;/h8-9,12,15,17H,7,10-11,13-14H2,1-6H3;5-6,8,12-13H,7,9-11H2,1-4H3,(H,19,20);9-10H,5-8,13H2,1-4H3;3-4H2,1-2H3;1-3H;2*1H/t15-;12-,13?;9-;;;;/m111..../s1. The van der Waals surface area contributed by atoms with Crippen molar-refractivity contribution in [3.8, 4) is 0 Å².